The molecule has 4 heteroatoms. The van der Waals surface area contributed by atoms with E-state index in [2.05, 4.69) is 13.2 Å². The molecule has 4 nitrogen and oxygen atoms in total. The quantitative estimate of drug-likeness (QED) is 0.267. The van der Waals surface area contributed by atoms with Gasteiger partial charge in [0.25, 0.3) is 0 Å². The molecule has 0 rings (SSSR count). The molecule has 0 radical (unpaired) electrons. The van der Waals surface area contributed by atoms with Gasteiger partial charge in [0.05, 0.1) is 19.0 Å². The first-order valence-electron chi connectivity index (χ1n) is 4.74. The molecule has 0 saturated heterocycles. The highest BCUT2D eigenvalue weighted by Crippen LogP contribution is 1.97. The van der Waals surface area contributed by atoms with Crippen molar-refractivity contribution in [2.75, 3.05) is 19.8 Å². The van der Waals surface area contributed by atoms with Crippen LogP contribution in [0.3, 0.4) is 0 Å². The van der Waals surface area contributed by atoms with Gasteiger partial charge in [0.2, 0.25) is 0 Å². The maximum atomic E-state index is 11.0. The second-order valence-corrected chi connectivity index (χ2v) is 3.10. The minimum atomic E-state index is -0.396. The molecule has 0 aliphatic rings. The van der Waals surface area contributed by atoms with Crippen molar-refractivity contribution in [3.05, 3.63) is 25.0 Å². The van der Waals surface area contributed by atoms with Crippen LogP contribution in [0.4, 0.5) is 0 Å². The van der Waals surface area contributed by atoms with Crippen molar-refractivity contribution in [3.8, 4) is 0 Å². The van der Waals surface area contributed by atoms with E-state index < -0.39 is 5.97 Å². The summed E-state index contributed by atoms with van der Waals surface area (Å²) in [6, 6.07) is 0. The lowest BCUT2D eigenvalue weighted by Crippen LogP contribution is -2.20. The number of carbonyl (C=O) groups is 1. The Morgan fingerprint density at radius 1 is 1.47 bits per heavy atom. The van der Waals surface area contributed by atoms with Crippen LogP contribution in [-0.2, 0) is 19.0 Å². The van der Waals surface area contributed by atoms with Crippen LogP contribution in [-0.4, -0.2) is 31.9 Å². The Kier molecular flexibility index (Phi) is 7.36. The highest BCUT2D eigenvalue weighted by molar-refractivity contribution is 5.86. The van der Waals surface area contributed by atoms with Gasteiger partial charge in [-0.2, -0.15) is 0 Å². The van der Waals surface area contributed by atoms with Gasteiger partial charge in [0.15, 0.2) is 0 Å². The molecule has 0 saturated carbocycles. The fraction of sp³-hybridized carbons (Fsp3) is 0.545. The minimum absolute atomic E-state index is 0.151. The topological polar surface area (TPSA) is 44.8 Å². The Morgan fingerprint density at radius 2 is 2.13 bits per heavy atom. The molecular weight excluding hydrogens is 196 g/mol. The van der Waals surface area contributed by atoms with E-state index in [9.17, 15) is 4.79 Å². The lowest BCUT2D eigenvalue weighted by atomic mass is 10.3. The van der Waals surface area contributed by atoms with Gasteiger partial charge in [0.1, 0.15) is 13.2 Å². The normalized spacial score (nSPS) is 11.6. The zero-order valence-corrected chi connectivity index (χ0v) is 9.32. The van der Waals surface area contributed by atoms with Crippen molar-refractivity contribution in [3.63, 3.8) is 0 Å². The molecule has 15 heavy (non-hydrogen) atoms. The van der Waals surface area contributed by atoms with E-state index in [1.807, 2.05) is 6.92 Å². The predicted molar refractivity (Wildman–Crippen MR) is 57.3 cm³/mol. The van der Waals surface area contributed by atoms with E-state index in [4.69, 9.17) is 14.2 Å². The van der Waals surface area contributed by atoms with E-state index in [-0.39, 0.29) is 12.7 Å². The highest BCUT2D eigenvalue weighted by atomic mass is 16.6. The summed E-state index contributed by atoms with van der Waals surface area (Å²) in [7, 11) is 0. The van der Waals surface area contributed by atoms with Gasteiger partial charge in [-0.15, -0.1) is 0 Å². The first-order valence-corrected chi connectivity index (χ1v) is 4.74. The van der Waals surface area contributed by atoms with E-state index in [0.29, 0.717) is 18.8 Å². The van der Waals surface area contributed by atoms with E-state index >= 15 is 0 Å². The molecule has 0 fully saturated rings. The monoisotopic (exact) mass is 214 g/mol. The van der Waals surface area contributed by atoms with Crippen molar-refractivity contribution >= 4 is 5.97 Å². The number of hydrogen-bond acceptors (Lipinski definition) is 4. The maximum Gasteiger partial charge on any atom is 0.333 e. The molecule has 0 aliphatic heterocycles. The fourth-order valence-corrected chi connectivity index (χ4v) is 0.745. The van der Waals surface area contributed by atoms with Gasteiger partial charge in [-0.3, -0.25) is 0 Å². The zero-order valence-electron chi connectivity index (χ0n) is 9.32. The van der Waals surface area contributed by atoms with Crippen LogP contribution in [0.2, 0.25) is 0 Å². The number of esters is 1. The lowest BCUT2D eigenvalue weighted by Gasteiger charge is -2.13. The third-order valence-corrected chi connectivity index (χ3v) is 1.52. The van der Waals surface area contributed by atoms with Crippen LogP contribution in [0, 0.1) is 0 Å². The van der Waals surface area contributed by atoms with Crippen molar-refractivity contribution < 1.29 is 19.0 Å². The van der Waals surface area contributed by atoms with Crippen LogP contribution < -0.4 is 0 Å². The van der Waals surface area contributed by atoms with Crippen LogP contribution in [0.15, 0.2) is 25.0 Å². The van der Waals surface area contributed by atoms with E-state index in [0.717, 1.165) is 0 Å². The largest absolute Gasteiger partial charge is 0.499 e. The summed E-state index contributed by atoms with van der Waals surface area (Å²) in [6.45, 7) is 11.4. The Balaban J connectivity index is 3.48. The molecule has 0 amide bonds. The SMILES string of the molecule is C=COCCOC(C)COC(=O)C(=C)C. The molecule has 0 aromatic heterocycles. The second-order valence-electron chi connectivity index (χ2n) is 3.10. The van der Waals surface area contributed by atoms with Crippen molar-refractivity contribution in [2.45, 2.75) is 20.0 Å². The van der Waals surface area contributed by atoms with Crippen molar-refractivity contribution in [1.29, 1.82) is 0 Å². The van der Waals surface area contributed by atoms with Gasteiger partial charge < -0.3 is 14.2 Å². The summed E-state index contributed by atoms with van der Waals surface area (Å²) < 4.78 is 15.1. The standard InChI is InChI=1S/C11H18O4/c1-5-13-6-7-14-10(4)8-15-11(12)9(2)3/h5,10H,1-2,6-8H2,3-4H3. The van der Waals surface area contributed by atoms with Gasteiger partial charge in [-0.25, -0.2) is 4.79 Å². The number of hydrogen-bond donors (Lipinski definition) is 0. The van der Waals surface area contributed by atoms with E-state index in [1.54, 1.807) is 6.92 Å². The smallest absolute Gasteiger partial charge is 0.333 e. The first kappa shape index (κ1) is 13.7. The summed E-state index contributed by atoms with van der Waals surface area (Å²) >= 11 is 0. The number of ether oxygens (including phenoxy) is 3. The third kappa shape index (κ3) is 7.76. The minimum Gasteiger partial charge on any atom is -0.499 e. The van der Waals surface area contributed by atoms with Gasteiger partial charge in [-0.1, -0.05) is 13.2 Å². The predicted octanol–water partition coefficient (Wildman–Crippen LogP) is 1.67. The Bertz CT molecular complexity index is 223. The first-order chi connectivity index (χ1) is 7.07. The Morgan fingerprint density at radius 3 is 2.67 bits per heavy atom. The second kappa shape index (κ2) is 8.05. The summed E-state index contributed by atoms with van der Waals surface area (Å²) in [6.07, 6.45) is 1.21. The Labute approximate surface area is 90.5 Å². The summed E-state index contributed by atoms with van der Waals surface area (Å²) in [5.41, 5.74) is 0.386. The molecule has 86 valence electrons. The average Bonchev–Trinajstić information content (AvgIpc) is 2.20. The summed E-state index contributed by atoms with van der Waals surface area (Å²) in [4.78, 5) is 11.0. The summed E-state index contributed by atoms with van der Waals surface area (Å²) in [5.74, 6) is -0.396. The molecule has 1 unspecified atom stereocenters. The van der Waals surface area contributed by atoms with Gasteiger partial charge in [-0.05, 0) is 13.8 Å². The van der Waals surface area contributed by atoms with Gasteiger partial charge in [0, 0.05) is 5.57 Å². The molecule has 0 spiro atoms. The fourth-order valence-electron chi connectivity index (χ4n) is 0.745. The number of rotatable bonds is 8. The maximum absolute atomic E-state index is 11.0. The average molecular weight is 214 g/mol. The highest BCUT2D eigenvalue weighted by Gasteiger charge is 2.07. The van der Waals surface area contributed by atoms with Crippen molar-refractivity contribution in [2.24, 2.45) is 0 Å². The summed E-state index contributed by atoms with van der Waals surface area (Å²) in [5, 5.41) is 0. The molecule has 0 N–H and O–H groups in total. The molecule has 0 bridgehead atoms. The van der Waals surface area contributed by atoms with Crippen LogP contribution >= 0.6 is 0 Å². The van der Waals surface area contributed by atoms with Gasteiger partial charge >= 0.3 is 5.97 Å². The van der Waals surface area contributed by atoms with Crippen LogP contribution in [0.5, 0.6) is 0 Å². The lowest BCUT2D eigenvalue weighted by molar-refractivity contribution is -0.143. The molecule has 0 aromatic rings. The molecule has 0 aromatic carbocycles. The van der Waals surface area contributed by atoms with E-state index in [1.165, 1.54) is 6.26 Å². The zero-order chi connectivity index (χ0) is 11.7. The Hall–Kier alpha value is -1.29. The molecular formula is C11H18O4. The van der Waals surface area contributed by atoms with Crippen LogP contribution in [0.1, 0.15) is 13.8 Å². The molecule has 0 heterocycles. The van der Waals surface area contributed by atoms with Crippen LogP contribution in [0.25, 0.3) is 0 Å². The number of carbonyl (C=O) groups excluding carboxylic acids is 1. The third-order valence-electron chi connectivity index (χ3n) is 1.52. The molecule has 0 aliphatic carbocycles. The molecule has 1 atom stereocenters. The van der Waals surface area contributed by atoms with Crippen molar-refractivity contribution in [1.82, 2.24) is 0 Å².